The average Bonchev–Trinajstić information content (AvgIpc) is 3.01. The second-order valence-electron chi connectivity index (χ2n) is 6.66. The molecule has 0 aromatic heterocycles. The molecule has 32 heavy (non-hydrogen) atoms. The van der Waals surface area contributed by atoms with Crippen LogP contribution in [0.4, 0.5) is 0 Å². The number of methoxy groups -OCH3 is 2. The number of thiocarbonyl (C=S) groups is 1. The Balaban J connectivity index is 2.01. The number of carboxylic acid groups (broad SMARTS) is 1. The summed E-state index contributed by atoms with van der Waals surface area (Å²) in [5.74, 6) is -1.81. The van der Waals surface area contributed by atoms with Gasteiger partial charge in [0.05, 0.1) is 19.1 Å². The van der Waals surface area contributed by atoms with Crippen molar-refractivity contribution < 1.29 is 33.8 Å². The molecule has 1 aromatic rings. The van der Waals surface area contributed by atoms with Gasteiger partial charge >= 0.3 is 5.97 Å². The molecule has 4 N–H and O–H groups in total. The van der Waals surface area contributed by atoms with Crippen LogP contribution in [-0.2, 0) is 19.2 Å². The molecule has 1 saturated heterocycles. The molecule has 2 rings (SSSR count). The largest absolute Gasteiger partial charge is 0.493 e. The first-order chi connectivity index (χ1) is 15.2. The highest BCUT2D eigenvalue weighted by Gasteiger charge is 2.32. The van der Waals surface area contributed by atoms with E-state index in [0.717, 1.165) is 11.8 Å². The standard InChI is InChI=1S/C20H23N3O7S2/c1-29-13-5-3-11(9-14(13)30-2)10-15-18(26)23(20(31)32-15)8-7-17(25)22-12(19(27)28)4-6-16(21)24/h3,5,9-10,12H,4,6-8H2,1-2H3,(H2,21,24)(H,22,25)(H,27,28). The Morgan fingerprint density at radius 3 is 2.53 bits per heavy atom. The molecule has 1 aliphatic heterocycles. The Labute approximate surface area is 194 Å². The van der Waals surface area contributed by atoms with E-state index in [9.17, 15) is 19.2 Å². The Morgan fingerprint density at radius 2 is 1.94 bits per heavy atom. The van der Waals surface area contributed by atoms with Gasteiger partial charge in [-0.25, -0.2) is 4.79 Å². The molecule has 0 saturated carbocycles. The molecule has 3 amide bonds. The van der Waals surface area contributed by atoms with Crippen molar-refractivity contribution in [1.29, 1.82) is 0 Å². The topological polar surface area (TPSA) is 148 Å². The molecule has 10 nitrogen and oxygen atoms in total. The highest BCUT2D eigenvalue weighted by Crippen LogP contribution is 2.34. The molecule has 0 aliphatic carbocycles. The monoisotopic (exact) mass is 481 g/mol. The van der Waals surface area contributed by atoms with Gasteiger partial charge < -0.3 is 25.6 Å². The van der Waals surface area contributed by atoms with E-state index < -0.39 is 23.8 Å². The zero-order valence-electron chi connectivity index (χ0n) is 17.5. The number of hydrogen-bond acceptors (Lipinski definition) is 8. The molecule has 0 bridgehead atoms. The number of amides is 3. The van der Waals surface area contributed by atoms with E-state index in [1.807, 2.05) is 0 Å². The quantitative estimate of drug-likeness (QED) is 0.312. The number of carbonyl (C=O) groups excluding carboxylic acids is 3. The number of thioether (sulfide) groups is 1. The first-order valence-electron chi connectivity index (χ1n) is 9.44. The van der Waals surface area contributed by atoms with Crippen molar-refractivity contribution in [3.05, 3.63) is 28.7 Å². The van der Waals surface area contributed by atoms with Gasteiger partial charge in [0, 0.05) is 19.4 Å². The number of nitrogens with one attached hydrogen (secondary N) is 1. The van der Waals surface area contributed by atoms with Gasteiger partial charge in [-0.3, -0.25) is 19.3 Å². The smallest absolute Gasteiger partial charge is 0.326 e. The summed E-state index contributed by atoms with van der Waals surface area (Å²) in [6, 6.07) is 3.95. The van der Waals surface area contributed by atoms with E-state index in [2.05, 4.69) is 5.32 Å². The predicted molar refractivity (Wildman–Crippen MR) is 122 cm³/mol. The summed E-state index contributed by atoms with van der Waals surface area (Å²) in [6.07, 6.45) is 1.21. The van der Waals surface area contributed by atoms with Crippen molar-refractivity contribution >= 4 is 58.1 Å². The van der Waals surface area contributed by atoms with Gasteiger partial charge in [0.15, 0.2) is 11.5 Å². The summed E-state index contributed by atoms with van der Waals surface area (Å²) in [5.41, 5.74) is 5.73. The van der Waals surface area contributed by atoms with Gasteiger partial charge in [0.25, 0.3) is 5.91 Å². The number of hydrogen-bond donors (Lipinski definition) is 3. The van der Waals surface area contributed by atoms with Crippen LogP contribution in [0.2, 0.25) is 0 Å². The van der Waals surface area contributed by atoms with Crippen molar-refractivity contribution in [3.8, 4) is 11.5 Å². The SMILES string of the molecule is COc1ccc(C=C2SC(=S)N(CCC(=O)NC(CCC(N)=O)C(=O)O)C2=O)cc1OC. The number of nitrogens with zero attached hydrogens (tertiary/aromatic N) is 1. The van der Waals surface area contributed by atoms with Gasteiger partial charge in [-0.15, -0.1) is 0 Å². The molecular formula is C20H23N3O7S2. The maximum absolute atomic E-state index is 12.7. The third-order valence-corrected chi connectivity index (χ3v) is 5.83. The molecule has 172 valence electrons. The van der Waals surface area contributed by atoms with Crippen molar-refractivity contribution in [1.82, 2.24) is 10.2 Å². The minimum atomic E-state index is -1.27. The van der Waals surface area contributed by atoms with Gasteiger partial charge in [0.2, 0.25) is 11.8 Å². The predicted octanol–water partition coefficient (Wildman–Crippen LogP) is 1.13. The number of benzene rings is 1. The summed E-state index contributed by atoms with van der Waals surface area (Å²) in [5, 5.41) is 11.5. The van der Waals surface area contributed by atoms with Crippen LogP contribution in [0.3, 0.4) is 0 Å². The fourth-order valence-electron chi connectivity index (χ4n) is 2.81. The lowest BCUT2D eigenvalue weighted by molar-refractivity contribution is -0.142. The first kappa shape index (κ1) is 25.1. The lowest BCUT2D eigenvalue weighted by Gasteiger charge is -2.16. The Hall–Kier alpha value is -3.12. The van der Waals surface area contributed by atoms with Crippen LogP contribution < -0.4 is 20.5 Å². The number of aliphatic carboxylic acids is 1. The highest BCUT2D eigenvalue weighted by molar-refractivity contribution is 8.26. The summed E-state index contributed by atoms with van der Waals surface area (Å²) in [4.78, 5) is 48.6. The highest BCUT2D eigenvalue weighted by atomic mass is 32.2. The van der Waals surface area contributed by atoms with Crippen molar-refractivity contribution in [2.24, 2.45) is 5.73 Å². The molecule has 1 fully saturated rings. The Bertz CT molecular complexity index is 965. The van der Waals surface area contributed by atoms with Crippen LogP contribution in [0, 0.1) is 0 Å². The number of rotatable bonds is 11. The first-order valence-corrected chi connectivity index (χ1v) is 10.7. The maximum atomic E-state index is 12.7. The Kier molecular flexibility index (Phi) is 9.02. The fourth-order valence-corrected chi connectivity index (χ4v) is 4.12. The molecule has 1 atom stereocenters. The number of carbonyl (C=O) groups is 4. The van der Waals surface area contributed by atoms with Crippen LogP contribution in [0.5, 0.6) is 11.5 Å². The molecule has 12 heteroatoms. The molecular weight excluding hydrogens is 458 g/mol. The maximum Gasteiger partial charge on any atom is 0.326 e. The van der Waals surface area contributed by atoms with E-state index in [0.29, 0.717) is 22.0 Å². The Morgan fingerprint density at radius 1 is 1.25 bits per heavy atom. The van der Waals surface area contributed by atoms with Crippen LogP contribution in [0.15, 0.2) is 23.1 Å². The summed E-state index contributed by atoms with van der Waals surface area (Å²) in [7, 11) is 3.03. The van der Waals surface area contributed by atoms with Crippen LogP contribution in [0.1, 0.15) is 24.8 Å². The number of nitrogens with two attached hydrogens (primary N) is 1. The van der Waals surface area contributed by atoms with Crippen molar-refractivity contribution in [2.75, 3.05) is 20.8 Å². The zero-order chi connectivity index (χ0) is 23.8. The molecule has 1 heterocycles. The molecule has 0 radical (unpaired) electrons. The number of primary amides is 1. The third-order valence-electron chi connectivity index (χ3n) is 4.45. The lowest BCUT2D eigenvalue weighted by atomic mass is 10.1. The summed E-state index contributed by atoms with van der Waals surface area (Å²) >= 11 is 6.36. The molecule has 1 aromatic carbocycles. The van der Waals surface area contributed by atoms with Gasteiger partial charge in [-0.1, -0.05) is 30.0 Å². The zero-order valence-corrected chi connectivity index (χ0v) is 19.1. The minimum absolute atomic E-state index is 0.0120. The second-order valence-corrected chi connectivity index (χ2v) is 8.34. The summed E-state index contributed by atoms with van der Waals surface area (Å²) < 4.78 is 10.7. The van der Waals surface area contributed by atoms with Crippen LogP contribution in [0.25, 0.3) is 6.08 Å². The lowest BCUT2D eigenvalue weighted by Crippen LogP contribution is -2.42. The van der Waals surface area contributed by atoms with Gasteiger partial charge in [-0.05, 0) is 30.2 Å². The van der Waals surface area contributed by atoms with Gasteiger partial charge in [-0.2, -0.15) is 0 Å². The number of carboxylic acids is 1. The number of ether oxygens (including phenoxy) is 2. The molecule has 0 spiro atoms. The van der Waals surface area contributed by atoms with E-state index in [-0.39, 0.29) is 36.0 Å². The second kappa shape index (κ2) is 11.5. The van der Waals surface area contributed by atoms with E-state index >= 15 is 0 Å². The minimum Gasteiger partial charge on any atom is -0.493 e. The van der Waals surface area contributed by atoms with Crippen LogP contribution >= 0.6 is 24.0 Å². The summed E-state index contributed by atoms with van der Waals surface area (Å²) in [6.45, 7) is -0.0120. The van der Waals surface area contributed by atoms with Gasteiger partial charge in [0.1, 0.15) is 10.4 Å². The van der Waals surface area contributed by atoms with Crippen LogP contribution in [-0.4, -0.2) is 64.8 Å². The average molecular weight is 482 g/mol. The fraction of sp³-hybridized carbons (Fsp3) is 0.350. The van der Waals surface area contributed by atoms with E-state index in [1.54, 1.807) is 24.3 Å². The van der Waals surface area contributed by atoms with E-state index in [1.165, 1.54) is 19.1 Å². The normalized spacial score (nSPS) is 15.6. The molecule has 1 unspecified atom stereocenters. The third kappa shape index (κ3) is 6.69. The molecule has 1 aliphatic rings. The van der Waals surface area contributed by atoms with E-state index in [4.69, 9.17) is 32.5 Å². The van der Waals surface area contributed by atoms with Crippen molar-refractivity contribution in [3.63, 3.8) is 0 Å². The van der Waals surface area contributed by atoms with Crippen molar-refractivity contribution in [2.45, 2.75) is 25.3 Å².